The van der Waals surface area contributed by atoms with E-state index in [1.807, 2.05) is 0 Å². The van der Waals surface area contributed by atoms with Crippen molar-refractivity contribution in [1.82, 2.24) is 4.57 Å². The first-order chi connectivity index (χ1) is 15.2. The van der Waals surface area contributed by atoms with Crippen molar-refractivity contribution < 1.29 is 26.4 Å². The van der Waals surface area contributed by atoms with Gasteiger partial charge in [0.25, 0.3) is 0 Å². The fraction of sp³-hybridized carbons (Fsp3) is 0.0870. The average Bonchev–Trinajstić information content (AvgIpc) is 3.13. The van der Waals surface area contributed by atoms with Crippen LogP contribution in [0.3, 0.4) is 0 Å². The highest BCUT2D eigenvalue weighted by molar-refractivity contribution is 7.91. The van der Waals surface area contributed by atoms with E-state index in [2.05, 4.69) is 5.32 Å². The second-order valence-corrected chi connectivity index (χ2v) is 9.00. The Bertz CT molecular complexity index is 1380. The number of nitrogens with one attached hydrogen (secondary N) is 1. The maximum absolute atomic E-state index is 13.1. The molecule has 0 aliphatic carbocycles. The maximum Gasteiger partial charge on any atom is 0.416 e. The standard InChI is InChI=1S/C23H17F3N2O3S/c24-23(25,26)16-10-12-17(13-11-16)27-22(29)15-28-14-21(19-8-4-5-9-20(19)28)32(30,31)18-6-2-1-3-7-18/h1-14H,15H2,(H,27,29). The van der Waals surface area contributed by atoms with Crippen LogP contribution in [0, 0.1) is 0 Å². The van der Waals surface area contributed by atoms with Crippen molar-refractivity contribution in [2.24, 2.45) is 0 Å². The number of alkyl halides is 3. The van der Waals surface area contributed by atoms with Gasteiger partial charge in [0.1, 0.15) is 6.54 Å². The summed E-state index contributed by atoms with van der Waals surface area (Å²) in [5.41, 5.74) is -0.0659. The van der Waals surface area contributed by atoms with E-state index < -0.39 is 27.5 Å². The van der Waals surface area contributed by atoms with Gasteiger partial charge in [-0.2, -0.15) is 13.2 Å². The summed E-state index contributed by atoms with van der Waals surface area (Å²) in [6, 6.07) is 18.9. The van der Waals surface area contributed by atoms with E-state index >= 15 is 0 Å². The molecule has 0 unspecified atom stereocenters. The lowest BCUT2D eigenvalue weighted by Gasteiger charge is -2.09. The van der Waals surface area contributed by atoms with Crippen LogP contribution in [0.1, 0.15) is 5.56 Å². The highest BCUT2D eigenvalue weighted by Gasteiger charge is 2.30. The Hall–Kier alpha value is -3.59. The fourth-order valence-electron chi connectivity index (χ4n) is 3.38. The van der Waals surface area contributed by atoms with Crippen LogP contribution in [0.5, 0.6) is 0 Å². The Balaban J connectivity index is 1.62. The first-order valence-electron chi connectivity index (χ1n) is 9.51. The molecule has 164 valence electrons. The maximum atomic E-state index is 13.1. The van der Waals surface area contributed by atoms with Gasteiger partial charge in [-0.05, 0) is 42.5 Å². The van der Waals surface area contributed by atoms with E-state index in [4.69, 9.17) is 0 Å². The Morgan fingerprint density at radius 2 is 1.50 bits per heavy atom. The Kier molecular flexibility index (Phi) is 5.52. The molecule has 0 spiro atoms. The van der Waals surface area contributed by atoms with Gasteiger partial charge in [-0.15, -0.1) is 0 Å². The molecule has 0 radical (unpaired) electrons. The lowest BCUT2D eigenvalue weighted by molar-refractivity contribution is -0.137. The molecule has 1 amide bonds. The van der Waals surface area contributed by atoms with Crippen molar-refractivity contribution >= 4 is 32.3 Å². The minimum atomic E-state index is -4.47. The topological polar surface area (TPSA) is 68.2 Å². The summed E-state index contributed by atoms with van der Waals surface area (Å²) in [7, 11) is -3.82. The van der Waals surface area contributed by atoms with E-state index in [-0.39, 0.29) is 22.0 Å². The van der Waals surface area contributed by atoms with Crippen LogP contribution in [0.2, 0.25) is 0 Å². The van der Waals surface area contributed by atoms with Gasteiger partial charge in [-0.3, -0.25) is 4.79 Å². The van der Waals surface area contributed by atoms with Crippen molar-refractivity contribution in [2.45, 2.75) is 22.5 Å². The molecule has 0 bridgehead atoms. The second-order valence-electron chi connectivity index (χ2n) is 7.08. The number of fused-ring (bicyclic) bond motifs is 1. The minimum Gasteiger partial charge on any atom is -0.337 e. The van der Waals surface area contributed by atoms with Crippen molar-refractivity contribution in [3.8, 4) is 0 Å². The summed E-state index contributed by atoms with van der Waals surface area (Å²) in [5.74, 6) is -0.505. The number of nitrogens with zero attached hydrogens (tertiary/aromatic N) is 1. The molecule has 0 atom stereocenters. The fourth-order valence-corrected chi connectivity index (χ4v) is 4.88. The Morgan fingerprint density at radius 1 is 0.875 bits per heavy atom. The molecule has 0 aliphatic heterocycles. The summed E-state index contributed by atoms with van der Waals surface area (Å²) in [4.78, 5) is 12.7. The smallest absolute Gasteiger partial charge is 0.337 e. The average molecular weight is 458 g/mol. The number of hydrogen-bond acceptors (Lipinski definition) is 3. The predicted molar refractivity (Wildman–Crippen MR) is 114 cm³/mol. The zero-order valence-corrected chi connectivity index (χ0v) is 17.3. The van der Waals surface area contributed by atoms with Gasteiger partial charge in [0.15, 0.2) is 0 Å². The lowest BCUT2D eigenvalue weighted by atomic mass is 10.2. The number of amides is 1. The first-order valence-corrected chi connectivity index (χ1v) is 11.0. The molecular formula is C23H17F3N2O3S. The van der Waals surface area contributed by atoms with Crippen LogP contribution in [0.15, 0.2) is 94.9 Å². The van der Waals surface area contributed by atoms with Crippen molar-refractivity contribution in [3.05, 3.63) is 90.6 Å². The molecule has 0 saturated carbocycles. The SMILES string of the molecule is O=C(Cn1cc(S(=O)(=O)c2ccccc2)c2ccccc21)Nc1ccc(C(F)(F)F)cc1. The number of benzene rings is 3. The number of aromatic nitrogens is 1. The first kappa shape index (κ1) is 21.6. The summed E-state index contributed by atoms with van der Waals surface area (Å²) < 4.78 is 65.9. The van der Waals surface area contributed by atoms with Crippen molar-refractivity contribution in [3.63, 3.8) is 0 Å². The number of halogens is 3. The largest absolute Gasteiger partial charge is 0.416 e. The summed E-state index contributed by atoms with van der Waals surface area (Å²) in [6.07, 6.45) is -3.06. The van der Waals surface area contributed by atoms with Crippen molar-refractivity contribution in [1.29, 1.82) is 0 Å². The van der Waals surface area contributed by atoms with Crippen LogP contribution in [0.4, 0.5) is 18.9 Å². The van der Waals surface area contributed by atoms with Crippen LogP contribution in [-0.2, 0) is 27.4 Å². The van der Waals surface area contributed by atoms with Gasteiger partial charge in [0.05, 0.1) is 15.4 Å². The van der Waals surface area contributed by atoms with E-state index in [1.54, 1.807) is 42.5 Å². The zero-order chi connectivity index (χ0) is 22.9. The predicted octanol–water partition coefficient (Wildman–Crippen LogP) is 5.13. The molecule has 4 rings (SSSR count). The third-order valence-corrected chi connectivity index (χ3v) is 6.70. The highest BCUT2D eigenvalue weighted by Crippen LogP contribution is 2.31. The second kappa shape index (κ2) is 8.16. The van der Waals surface area contributed by atoms with E-state index in [9.17, 15) is 26.4 Å². The molecule has 4 aromatic rings. The number of carbonyl (C=O) groups is 1. The molecule has 0 saturated heterocycles. The third-order valence-electron chi connectivity index (χ3n) is 4.90. The number of hydrogen-bond donors (Lipinski definition) is 1. The molecule has 1 N–H and O–H groups in total. The van der Waals surface area contributed by atoms with Crippen LogP contribution >= 0.6 is 0 Å². The molecule has 1 aromatic heterocycles. The van der Waals surface area contributed by atoms with Crippen LogP contribution in [0.25, 0.3) is 10.9 Å². The molecule has 1 heterocycles. The number of anilines is 1. The number of carbonyl (C=O) groups excluding carboxylic acids is 1. The Morgan fingerprint density at radius 3 is 2.16 bits per heavy atom. The van der Waals surface area contributed by atoms with Gasteiger partial charge in [0.2, 0.25) is 15.7 Å². The summed E-state index contributed by atoms with van der Waals surface area (Å²) >= 11 is 0. The number of rotatable bonds is 5. The zero-order valence-electron chi connectivity index (χ0n) is 16.5. The van der Waals surface area contributed by atoms with Gasteiger partial charge < -0.3 is 9.88 Å². The normalized spacial score (nSPS) is 12.1. The summed E-state index contributed by atoms with van der Waals surface area (Å²) in [6.45, 7) is -0.216. The van der Waals surface area contributed by atoms with E-state index in [0.29, 0.717) is 10.9 Å². The van der Waals surface area contributed by atoms with Gasteiger partial charge >= 0.3 is 6.18 Å². The third kappa shape index (κ3) is 4.24. The molecule has 0 fully saturated rings. The van der Waals surface area contributed by atoms with Gasteiger partial charge in [-0.25, -0.2) is 8.42 Å². The molecule has 5 nitrogen and oxygen atoms in total. The van der Waals surface area contributed by atoms with E-state index in [1.165, 1.54) is 35.0 Å². The van der Waals surface area contributed by atoms with E-state index in [0.717, 1.165) is 12.1 Å². The van der Waals surface area contributed by atoms with Gasteiger partial charge in [-0.1, -0.05) is 36.4 Å². The van der Waals surface area contributed by atoms with Crippen LogP contribution < -0.4 is 5.32 Å². The lowest BCUT2D eigenvalue weighted by Crippen LogP contribution is -2.18. The summed E-state index contributed by atoms with van der Waals surface area (Å²) in [5, 5.41) is 3.01. The monoisotopic (exact) mass is 458 g/mol. The molecule has 9 heteroatoms. The highest BCUT2D eigenvalue weighted by atomic mass is 32.2. The number of para-hydroxylation sites is 1. The molecular weight excluding hydrogens is 441 g/mol. The van der Waals surface area contributed by atoms with Crippen molar-refractivity contribution in [2.75, 3.05) is 5.32 Å². The quantitative estimate of drug-likeness (QED) is 0.451. The molecule has 3 aromatic carbocycles. The number of sulfone groups is 1. The van der Waals surface area contributed by atoms with Gasteiger partial charge in [0, 0.05) is 22.8 Å². The Labute approximate surface area is 182 Å². The molecule has 0 aliphatic rings. The molecule has 32 heavy (non-hydrogen) atoms. The minimum absolute atomic E-state index is 0.0710. The van der Waals surface area contributed by atoms with Crippen LogP contribution in [-0.4, -0.2) is 18.9 Å².